The number of rotatable bonds is 8. The van der Waals surface area contributed by atoms with Gasteiger partial charge in [0.15, 0.2) is 6.61 Å². The van der Waals surface area contributed by atoms with Crippen molar-refractivity contribution in [3.05, 3.63) is 74.2 Å². The lowest BCUT2D eigenvalue weighted by Crippen LogP contribution is -2.42. The zero-order valence-corrected chi connectivity index (χ0v) is 25.7. The molecular weight excluding hydrogens is 604 g/mol. The fourth-order valence-electron chi connectivity index (χ4n) is 7.79. The maximum atomic E-state index is 14.1. The van der Waals surface area contributed by atoms with E-state index in [1.54, 1.807) is 49.9 Å². The first-order chi connectivity index (χ1) is 21.3. The number of esters is 2. The third-order valence-electron chi connectivity index (χ3n) is 9.27. The van der Waals surface area contributed by atoms with Crippen molar-refractivity contribution in [2.24, 2.45) is 29.6 Å². The molecule has 12 heteroatoms. The lowest BCUT2D eigenvalue weighted by Gasteiger charge is -2.43. The van der Waals surface area contributed by atoms with Gasteiger partial charge in [0.1, 0.15) is 5.75 Å². The highest BCUT2D eigenvalue weighted by atomic mass is 32.2. The predicted octanol–water partition coefficient (Wildman–Crippen LogP) is 4.23. The fraction of sp³-hybridized carbons (Fsp3) is 0.406. The van der Waals surface area contributed by atoms with E-state index in [-0.39, 0.29) is 65.4 Å². The molecule has 2 saturated carbocycles. The Hall–Kier alpha value is -3.90. The van der Waals surface area contributed by atoms with Crippen LogP contribution in [0.15, 0.2) is 58.4 Å². The van der Waals surface area contributed by atoms with E-state index in [4.69, 9.17) is 14.2 Å². The number of thioether (sulfide) groups is 1. The van der Waals surface area contributed by atoms with E-state index < -0.39 is 23.8 Å². The molecule has 228 valence electrons. The molecule has 4 aliphatic rings. The van der Waals surface area contributed by atoms with Crippen molar-refractivity contribution in [1.82, 2.24) is 4.98 Å². The van der Waals surface area contributed by atoms with Gasteiger partial charge in [-0.3, -0.25) is 19.3 Å². The highest BCUT2D eigenvalue weighted by molar-refractivity contribution is 8.00. The summed E-state index contributed by atoms with van der Waals surface area (Å²) in [5.74, 6) is -2.19. The largest absolute Gasteiger partial charge is 0.482 e. The summed E-state index contributed by atoms with van der Waals surface area (Å²) in [6, 6.07) is 13.9. The van der Waals surface area contributed by atoms with E-state index in [1.165, 1.54) is 4.90 Å². The number of thiazole rings is 1. The number of nitrogens with one attached hydrogen (secondary N) is 1. The van der Waals surface area contributed by atoms with E-state index in [2.05, 4.69) is 4.98 Å². The van der Waals surface area contributed by atoms with Crippen LogP contribution in [0.1, 0.15) is 47.0 Å². The minimum absolute atomic E-state index is 0.00463. The van der Waals surface area contributed by atoms with Gasteiger partial charge in [-0.25, -0.2) is 9.59 Å². The van der Waals surface area contributed by atoms with E-state index in [0.29, 0.717) is 17.0 Å². The molecular formula is C32H30N2O8S2. The molecule has 2 aromatic carbocycles. The Morgan fingerprint density at radius 1 is 0.932 bits per heavy atom. The number of carbonyl (C=O) groups excluding carboxylic acids is 4. The molecule has 7 rings (SSSR count). The summed E-state index contributed by atoms with van der Waals surface area (Å²) in [6.45, 7) is 3.72. The van der Waals surface area contributed by atoms with Crippen LogP contribution in [0.3, 0.4) is 0 Å². The SMILES string of the molecule is CCOC(=O)COc1ccccc1[C@@H]1c2sc(=O)[nH]c2S[C@@H]2[C@@H]3C[C@@H]([C@@H]4C(=O)N(c5ccc(C(=O)OCC)cc5)C(=O)[C@@H]34)[C@H]12. The van der Waals surface area contributed by atoms with Gasteiger partial charge in [-0.1, -0.05) is 29.5 Å². The van der Waals surface area contributed by atoms with Crippen molar-refractivity contribution in [2.45, 2.75) is 36.5 Å². The molecule has 10 nitrogen and oxygen atoms in total. The third-order valence-corrected chi connectivity index (χ3v) is 11.9. The van der Waals surface area contributed by atoms with Gasteiger partial charge < -0.3 is 19.2 Å². The van der Waals surface area contributed by atoms with Crippen LogP contribution in [0.2, 0.25) is 0 Å². The number of nitrogens with zero attached hydrogens (tertiary/aromatic N) is 1. The van der Waals surface area contributed by atoms with Gasteiger partial charge in [-0.15, -0.1) is 11.8 Å². The first-order valence-electron chi connectivity index (χ1n) is 14.7. The number of anilines is 1. The third kappa shape index (κ3) is 4.49. The van der Waals surface area contributed by atoms with Crippen LogP contribution >= 0.6 is 23.1 Å². The summed E-state index contributed by atoms with van der Waals surface area (Å²) in [5, 5.41) is 0.795. The number of ether oxygens (including phenoxy) is 3. The van der Waals surface area contributed by atoms with Crippen LogP contribution in [0.5, 0.6) is 5.75 Å². The summed E-state index contributed by atoms with van der Waals surface area (Å²) in [4.78, 5) is 69.9. The quantitative estimate of drug-likeness (QED) is 0.286. The van der Waals surface area contributed by atoms with Crippen molar-refractivity contribution >= 4 is 52.5 Å². The van der Waals surface area contributed by atoms with Crippen LogP contribution < -0.4 is 14.5 Å². The van der Waals surface area contributed by atoms with E-state index in [0.717, 1.165) is 33.2 Å². The molecule has 2 amide bonds. The Bertz CT molecular complexity index is 1720. The van der Waals surface area contributed by atoms with Gasteiger partial charge in [-0.2, -0.15) is 0 Å². The molecule has 0 spiro atoms. The maximum absolute atomic E-state index is 14.1. The van der Waals surface area contributed by atoms with Crippen molar-refractivity contribution in [3.8, 4) is 5.75 Å². The standard InChI is InChI=1S/C32H30N2O8S2/c1-3-40-21(35)14-42-20-8-6-5-7-17(20)22-23-18-13-19(26(23)43-28-27(22)44-32(39)33-28)25-24(18)29(36)34(30(25)37)16-11-9-15(10-12-16)31(38)41-4-2/h5-12,18-19,22-26H,3-4,13-14H2,1-2H3,(H,33,39)/t18-,19-,22+,23-,24+,25+,26-/m1/s1. The number of amides is 2. The Morgan fingerprint density at radius 2 is 1.64 bits per heavy atom. The normalized spacial score (nSPS) is 28.0. The minimum Gasteiger partial charge on any atom is -0.482 e. The molecule has 3 aromatic rings. The summed E-state index contributed by atoms with van der Waals surface area (Å²) in [6.07, 6.45) is 0.742. The topological polar surface area (TPSA) is 132 Å². The minimum atomic E-state index is -0.480. The lowest BCUT2D eigenvalue weighted by molar-refractivity contribution is -0.145. The van der Waals surface area contributed by atoms with Crippen molar-refractivity contribution < 1.29 is 33.4 Å². The fourth-order valence-corrected chi connectivity index (χ4v) is 10.7. The second kappa shape index (κ2) is 11.2. The number of hydrogen-bond acceptors (Lipinski definition) is 10. The molecule has 0 radical (unpaired) electrons. The number of aromatic amines is 1. The van der Waals surface area contributed by atoms with E-state index in [9.17, 15) is 24.0 Å². The average molecular weight is 635 g/mol. The van der Waals surface area contributed by atoms with Crippen LogP contribution in [-0.2, 0) is 23.9 Å². The van der Waals surface area contributed by atoms with Crippen LogP contribution in [0.4, 0.5) is 5.69 Å². The summed E-state index contributed by atoms with van der Waals surface area (Å²) in [5.41, 5.74) is 1.63. The first-order valence-corrected chi connectivity index (χ1v) is 16.4. The molecule has 2 bridgehead atoms. The van der Waals surface area contributed by atoms with Crippen molar-refractivity contribution in [1.29, 1.82) is 0 Å². The van der Waals surface area contributed by atoms with E-state index >= 15 is 0 Å². The van der Waals surface area contributed by atoms with Crippen LogP contribution in [-0.4, -0.2) is 53.8 Å². The summed E-state index contributed by atoms with van der Waals surface area (Å²) >= 11 is 2.77. The average Bonchev–Trinajstić information content (AvgIpc) is 3.75. The number of aromatic nitrogens is 1. The molecule has 3 fully saturated rings. The lowest BCUT2D eigenvalue weighted by atomic mass is 9.68. The Labute approximate surface area is 261 Å². The number of carbonyl (C=O) groups is 4. The van der Waals surface area contributed by atoms with Gasteiger partial charge in [0.2, 0.25) is 11.8 Å². The predicted molar refractivity (Wildman–Crippen MR) is 162 cm³/mol. The number of benzene rings is 2. The molecule has 2 aliphatic heterocycles. The monoisotopic (exact) mass is 634 g/mol. The van der Waals surface area contributed by atoms with Crippen LogP contribution in [0.25, 0.3) is 0 Å². The van der Waals surface area contributed by atoms with Crippen molar-refractivity contribution in [2.75, 3.05) is 24.7 Å². The molecule has 1 aromatic heterocycles. The Kier molecular flexibility index (Phi) is 7.36. The van der Waals surface area contributed by atoms with Gasteiger partial charge in [-0.05, 0) is 68.4 Å². The maximum Gasteiger partial charge on any atom is 0.344 e. The van der Waals surface area contributed by atoms with Gasteiger partial charge in [0.05, 0.1) is 41.3 Å². The molecule has 1 saturated heterocycles. The molecule has 7 atom stereocenters. The van der Waals surface area contributed by atoms with Crippen molar-refractivity contribution in [3.63, 3.8) is 0 Å². The molecule has 44 heavy (non-hydrogen) atoms. The molecule has 2 aliphatic carbocycles. The number of hydrogen-bond donors (Lipinski definition) is 1. The Balaban J connectivity index is 1.23. The van der Waals surface area contributed by atoms with Crippen LogP contribution in [0, 0.1) is 29.6 Å². The number of para-hydroxylation sites is 1. The summed E-state index contributed by atoms with van der Waals surface area (Å²) < 4.78 is 16.1. The molecule has 0 unspecified atom stereocenters. The number of imide groups is 1. The van der Waals surface area contributed by atoms with Gasteiger partial charge in [0.25, 0.3) is 0 Å². The number of fused-ring (bicyclic) bond motifs is 9. The Morgan fingerprint density at radius 3 is 2.36 bits per heavy atom. The number of H-pyrrole nitrogens is 1. The second-order valence-electron chi connectivity index (χ2n) is 11.4. The zero-order valence-electron chi connectivity index (χ0n) is 24.0. The highest BCUT2D eigenvalue weighted by Gasteiger charge is 2.69. The zero-order chi connectivity index (χ0) is 30.7. The first kappa shape index (κ1) is 28.8. The van der Waals surface area contributed by atoms with Gasteiger partial charge in [0, 0.05) is 21.6 Å². The molecule has 3 heterocycles. The highest BCUT2D eigenvalue weighted by Crippen LogP contribution is 2.69. The smallest absolute Gasteiger partial charge is 0.344 e. The summed E-state index contributed by atoms with van der Waals surface area (Å²) in [7, 11) is 0. The van der Waals surface area contributed by atoms with E-state index in [1.807, 2.05) is 24.3 Å². The van der Waals surface area contributed by atoms with Gasteiger partial charge >= 0.3 is 16.8 Å². The second-order valence-corrected chi connectivity index (χ2v) is 13.6. The molecule has 1 N–H and O–H groups in total.